The fraction of sp³-hybridized carbons (Fsp3) is 0.310. The van der Waals surface area contributed by atoms with E-state index in [2.05, 4.69) is 122 Å². The van der Waals surface area contributed by atoms with E-state index >= 15 is 0 Å². The Balaban J connectivity index is 0.00000260. The Morgan fingerprint density at radius 3 is 1.54 bits per heavy atom. The van der Waals surface area contributed by atoms with Crippen molar-refractivity contribution in [3.05, 3.63) is 139 Å². The predicted octanol–water partition coefficient (Wildman–Crippen LogP) is 5.30. The molecule has 0 nitrogen and oxygen atoms in total. The van der Waals surface area contributed by atoms with Gasteiger partial charge in [0.1, 0.15) is 0 Å². The van der Waals surface area contributed by atoms with E-state index in [0.717, 1.165) is 3.27 Å². The van der Waals surface area contributed by atoms with E-state index in [0.29, 0.717) is 0 Å². The molecule has 0 aliphatic heterocycles. The summed E-state index contributed by atoms with van der Waals surface area (Å²) in [7, 11) is 0. The number of rotatable bonds is 4. The molecule has 2 aliphatic carbocycles. The van der Waals surface area contributed by atoms with Crippen molar-refractivity contribution in [1.29, 1.82) is 0 Å². The van der Waals surface area contributed by atoms with Crippen molar-refractivity contribution in [3.8, 4) is 11.1 Å². The molecule has 0 heterocycles. The van der Waals surface area contributed by atoms with Crippen LogP contribution in [0.2, 0.25) is 0 Å². The van der Waals surface area contributed by atoms with Gasteiger partial charge in [-0.2, -0.15) is 0 Å². The second-order valence-electron chi connectivity index (χ2n) is 15.4. The maximum atomic E-state index is 13.9. The number of allylic oxidation sites excluding steroid dienone is 4. The zero-order chi connectivity index (χ0) is 33.4. The first kappa shape index (κ1) is 38.3. The van der Waals surface area contributed by atoms with Gasteiger partial charge in [-0.1, -0.05) is 0 Å². The fourth-order valence-corrected chi connectivity index (χ4v) is 20.0. The summed E-state index contributed by atoms with van der Waals surface area (Å²) in [6, 6.07) is 30.4. The molecule has 6 rings (SSSR count). The molecule has 2 aliphatic rings. The van der Waals surface area contributed by atoms with Gasteiger partial charge in [-0.25, -0.2) is 0 Å². The summed E-state index contributed by atoms with van der Waals surface area (Å²) in [5, 5.41) is 0. The number of hydrogen-bond acceptors (Lipinski definition) is 0. The quantitative estimate of drug-likeness (QED) is 0.265. The van der Waals surface area contributed by atoms with Crippen molar-refractivity contribution < 1.29 is 57.8 Å². The standard InChI is InChI=1S/C21H25.C13H13.C7H4F3.CH2.2ClH.Zr/c1-20(2,3)16-7-9-18-14(12-16)11-15-13-17(21(4,5)6)8-10-19(15)18;1-10-8-11(2)13(9-10)12-6-4-3-5-7-12;8-7(9,10)6-4-2-1-3-5-6;;;;/h7-13H,1-6H3;3-7,9-10H,1-2H3;2-5H;1H2;2*1H;/q;;;;;;+2/p-2. The van der Waals surface area contributed by atoms with Gasteiger partial charge in [0.2, 0.25) is 0 Å². The predicted molar refractivity (Wildman–Crippen MR) is 186 cm³/mol. The Bertz CT molecular complexity index is 1870. The van der Waals surface area contributed by atoms with Crippen LogP contribution >= 0.6 is 0 Å². The van der Waals surface area contributed by atoms with Crippen LogP contribution in [-0.2, 0) is 36.8 Å². The summed E-state index contributed by atoms with van der Waals surface area (Å²) in [5.74, 6) is 0.120. The summed E-state index contributed by atoms with van der Waals surface area (Å²) in [5.41, 5.74) is 10.4. The van der Waals surface area contributed by atoms with E-state index < -0.39 is 31.5 Å². The summed E-state index contributed by atoms with van der Waals surface area (Å²) < 4.78 is 49.3. The summed E-state index contributed by atoms with van der Waals surface area (Å²) in [6.45, 7) is 17.9. The normalized spacial score (nSPS) is 16.9. The van der Waals surface area contributed by atoms with Crippen molar-refractivity contribution in [2.45, 2.75) is 76.0 Å². The third-order valence-corrected chi connectivity index (χ3v) is 21.9. The molecule has 0 spiro atoms. The maximum absolute atomic E-state index is 13.9. The number of alkyl halides is 3. The molecule has 251 valence electrons. The largest absolute Gasteiger partial charge is 1.00 e. The van der Waals surface area contributed by atoms with Crippen LogP contribution in [0.5, 0.6) is 0 Å². The Hall–Kier alpha value is -2.52. The zero-order valence-corrected chi connectivity index (χ0v) is 33.0. The van der Waals surface area contributed by atoms with Gasteiger partial charge in [0.05, 0.1) is 0 Å². The molecule has 6 heteroatoms. The van der Waals surface area contributed by atoms with Crippen LogP contribution < -0.4 is 28.1 Å². The number of benzene rings is 4. The van der Waals surface area contributed by atoms with Crippen molar-refractivity contribution in [1.82, 2.24) is 0 Å². The molecule has 0 bridgehead atoms. The summed E-state index contributed by atoms with van der Waals surface area (Å²) in [6.07, 6.45) is -2.04. The van der Waals surface area contributed by atoms with Crippen molar-refractivity contribution in [2.75, 3.05) is 0 Å². The van der Waals surface area contributed by atoms with Crippen molar-refractivity contribution in [3.63, 3.8) is 0 Å². The number of halogens is 5. The Labute approximate surface area is 301 Å². The molecule has 2 atom stereocenters. The molecule has 2 unspecified atom stereocenters. The zero-order valence-electron chi connectivity index (χ0n) is 29.0. The van der Waals surface area contributed by atoms with Gasteiger partial charge >= 0.3 is 278 Å². The van der Waals surface area contributed by atoms with E-state index in [4.69, 9.17) is 4.21 Å². The van der Waals surface area contributed by atoms with E-state index in [-0.39, 0.29) is 45.2 Å². The second kappa shape index (κ2) is 13.3. The van der Waals surface area contributed by atoms with Crippen LogP contribution in [0.1, 0.15) is 92.4 Å². The Morgan fingerprint density at radius 2 is 1.10 bits per heavy atom. The third kappa shape index (κ3) is 6.55. The minimum absolute atomic E-state index is 0. The maximum Gasteiger partial charge on any atom is -1.00 e. The van der Waals surface area contributed by atoms with Gasteiger partial charge < -0.3 is 24.8 Å². The third-order valence-electron chi connectivity index (χ3n) is 10.2. The molecular formula is C42H44Cl2F3Zr. The number of fused-ring (bicyclic) bond motifs is 3. The molecule has 0 amide bonds. The average molecular weight is 768 g/mol. The van der Waals surface area contributed by atoms with Crippen LogP contribution in [-0.4, -0.2) is 4.21 Å². The van der Waals surface area contributed by atoms with Gasteiger partial charge in [-0.3, -0.25) is 0 Å². The first-order valence-electron chi connectivity index (χ1n) is 16.2. The first-order chi connectivity index (χ1) is 21.4. The van der Waals surface area contributed by atoms with Crippen LogP contribution in [0.4, 0.5) is 13.2 Å². The van der Waals surface area contributed by atoms with E-state index in [1.807, 2.05) is 6.07 Å². The molecule has 0 radical (unpaired) electrons. The van der Waals surface area contributed by atoms with Gasteiger partial charge in [0.15, 0.2) is 0 Å². The van der Waals surface area contributed by atoms with Crippen LogP contribution in [0.3, 0.4) is 0 Å². The molecule has 0 aromatic heterocycles. The number of hydrogen-bond donors (Lipinski definition) is 0. The van der Waals surface area contributed by atoms with Gasteiger partial charge in [0, 0.05) is 0 Å². The van der Waals surface area contributed by atoms with E-state index in [9.17, 15) is 13.2 Å². The van der Waals surface area contributed by atoms with Crippen LogP contribution in [0.15, 0.2) is 106 Å². The van der Waals surface area contributed by atoms with Gasteiger partial charge in [-0.05, 0) is 0 Å². The molecule has 0 fully saturated rings. The molecule has 0 saturated carbocycles. The molecular weight excluding hydrogens is 724 g/mol. The molecule has 4 aromatic carbocycles. The van der Waals surface area contributed by atoms with Crippen molar-refractivity contribution >= 4 is 13.1 Å². The minimum Gasteiger partial charge on any atom is -1.00 e. The molecule has 0 saturated heterocycles. The summed E-state index contributed by atoms with van der Waals surface area (Å²) in [4.78, 5) is 0. The van der Waals surface area contributed by atoms with Gasteiger partial charge in [-0.15, -0.1) is 0 Å². The van der Waals surface area contributed by atoms with Crippen molar-refractivity contribution in [2.24, 2.45) is 5.92 Å². The monoisotopic (exact) mass is 765 g/mol. The van der Waals surface area contributed by atoms with E-state index in [1.54, 1.807) is 12.1 Å². The summed E-state index contributed by atoms with van der Waals surface area (Å²) >= 11 is -4.23. The molecule has 48 heavy (non-hydrogen) atoms. The SMILES string of the molecule is [CH2]=[Zr+2]([C]1=C(C)C(c2ccccc2)=CC1C)([c]1ccc(C(F)(F)F)cc1)[CH]1c2cc(C(C)(C)C)ccc2-c2ccc(C(C)(C)C)cc21.[Cl-].[Cl-]. The Morgan fingerprint density at radius 1 is 0.646 bits per heavy atom. The molecule has 4 aromatic rings. The van der Waals surface area contributed by atoms with Gasteiger partial charge in [0.25, 0.3) is 0 Å². The smallest absolute Gasteiger partial charge is 1.00 e. The van der Waals surface area contributed by atoms with Crippen LogP contribution in [0, 0.1) is 5.92 Å². The topological polar surface area (TPSA) is 0 Å². The van der Waals surface area contributed by atoms with E-state index in [1.165, 1.54) is 65.5 Å². The van der Waals surface area contributed by atoms with Crippen LogP contribution in [0.25, 0.3) is 16.7 Å². The second-order valence-corrected chi connectivity index (χ2v) is 24.3. The average Bonchev–Trinajstić information content (AvgIpc) is 3.49. The Kier molecular flexibility index (Phi) is 10.6. The fourth-order valence-electron chi connectivity index (χ4n) is 7.78. The first-order valence-corrected chi connectivity index (χ1v) is 21.8. The minimum atomic E-state index is -4.40. The molecule has 0 N–H and O–H groups in total.